The molecule has 0 saturated carbocycles. The zero-order valence-corrected chi connectivity index (χ0v) is 17.6. The van der Waals surface area contributed by atoms with Gasteiger partial charge in [0, 0.05) is 18.5 Å². The first-order chi connectivity index (χ1) is 13.8. The van der Waals surface area contributed by atoms with Gasteiger partial charge in [0.1, 0.15) is 6.54 Å². The van der Waals surface area contributed by atoms with Gasteiger partial charge in [0.15, 0.2) is 6.61 Å². The van der Waals surface area contributed by atoms with Crippen molar-refractivity contribution in [1.82, 2.24) is 4.90 Å². The van der Waals surface area contributed by atoms with Crippen molar-refractivity contribution in [3.63, 3.8) is 0 Å². The predicted octanol–water partition coefficient (Wildman–Crippen LogP) is 2.94. The first-order valence-corrected chi connectivity index (χ1v) is 10.3. The van der Waals surface area contributed by atoms with E-state index in [1.165, 1.54) is 27.1 Å². The van der Waals surface area contributed by atoms with Gasteiger partial charge in [-0.1, -0.05) is 35.9 Å². The van der Waals surface area contributed by atoms with E-state index >= 15 is 0 Å². The van der Waals surface area contributed by atoms with Crippen molar-refractivity contribution in [3.8, 4) is 0 Å². The van der Waals surface area contributed by atoms with E-state index in [0.717, 1.165) is 16.0 Å². The summed E-state index contributed by atoms with van der Waals surface area (Å²) in [6, 6.07) is 13.5. The number of fused-ring (bicyclic) bond motifs is 1. The lowest BCUT2D eigenvalue weighted by Crippen LogP contribution is -2.40. The van der Waals surface area contributed by atoms with Gasteiger partial charge in [-0.2, -0.15) is 0 Å². The van der Waals surface area contributed by atoms with Crippen LogP contribution in [-0.4, -0.2) is 48.6 Å². The van der Waals surface area contributed by atoms with E-state index in [-0.39, 0.29) is 30.7 Å². The molecule has 0 unspecified atom stereocenters. The Morgan fingerprint density at radius 3 is 2.69 bits per heavy atom. The second-order valence-corrected chi connectivity index (χ2v) is 8.09. The predicted molar refractivity (Wildman–Crippen MR) is 113 cm³/mol. The van der Waals surface area contributed by atoms with Crippen LogP contribution in [-0.2, 0) is 25.7 Å². The Labute approximate surface area is 174 Å². The van der Waals surface area contributed by atoms with E-state index in [2.05, 4.69) is 6.07 Å². The molecule has 0 atom stereocenters. The van der Waals surface area contributed by atoms with E-state index in [4.69, 9.17) is 4.74 Å². The van der Waals surface area contributed by atoms with Crippen molar-refractivity contribution >= 4 is 35.2 Å². The van der Waals surface area contributed by atoms with Gasteiger partial charge in [-0.15, -0.1) is 11.8 Å². The number of hydrogen-bond donors (Lipinski definition) is 0. The molecule has 2 amide bonds. The van der Waals surface area contributed by atoms with Crippen LogP contribution in [0.4, 0.5) is 5.69 Å². The Morgan fingerprint density at radius 2 is 1.93 bits per heavy atom. The molecular weight excluding hydrogens is 388 g/mol. The molecule has 7 heteroatoms. The van der Waals surface area contributed by atoms with E-state index in [0.29, 0.717) is 12.2 Å². The Hall–Kier alpha value is -2.80. The molecule has 0 bridgehead atoms. The number of nitrogens with zero attached hydrogens (tertiary/aromatic N) is 2. The molecule has 1 aliphatic rings. The second kappa shape index (κ2) is 9.13. The van der Waals surface area contributed by atoms with E-state index < -0.39 is 5.97 Å². The molecule has 0 radical (unpaired) electrons. The fraction of sp³-hybridized carbons (Fsp3) is 0.318. The number of para-hydroxylation sites is 1. The minimum absolute atomic E-state index is 0.149. The molecular formula is C22H24N2O4S. The number of carbonyl (C=O) groups is 3. The largest absolute Gasteiger partial charge is 0.454 e. The molecule has 152 valence electrons. The standard InChI is InChI=1S/C22H24N2O4S/c1-15-8-9-17(16(2)10-15)11-23(3)20(25)13-28-22(27)12-24-18-6-4-5-7-19(18)29-14-21(24)26/h4-10H,11-14H2,1-3H3. The van der Waals surface area contributed by atoms with E-state index in [9.17, 15) is 14.4 Å². The number of carbonyl (C=O) groups excluding carboxylic acids is 3. The number of anilines is 1. The van der Waals surface area contributed by atoms with Crippen LogP contribution in [0.3, 0.4) is 0 Å². The highest BCUT2D eigenvalue weighted by Crippen LogP contribution is 2.34. The van der Waals surface area contributed by atoms with Crippen LogP contribution in [0.2, 0.25) is 0 Å². The molecule has 0 N–H and O–H groups in total. The van der Waals surface area contributed by atoms with Crippen LogP contribution >= 0.6 is 11.8 Å². The van der Waals surface area contributed by atoms with Crippen molar-refractivity contribution < 1.29 is 19.1 Å². The number of ether oxygens (including phenoxy) is 1. The van der Waals surface area contributed by atoms with Crippen molar-refractivity contribution in [2.75, 3.05) is 30.9 Å². The maximum Gasteiger partial charge on any atom is 0.326 e. The first-order valence-electron chi connectivity index (χ1n) is 9.33. The van der Waals surface area contributed by atoms with Crippen molar-refractivity contribution in [2.45, 2.75) is 25.3 Å². The average molecular weight is 413 g/mol. The van der Waals surface area contributed by atoms with E-state index in [1.807, 2.05) is 44.2 Å². The maximum absolute atomic E-state index is 12.3. The van der Waals surface area contributed by atoms with Gasteiger partial charge in [0.05, 0.1) is 11.4 Å². The number of hydrogen-bond acceptors (Lipinski definition) is 5. The summed E-state index contributed by atoms with van der Waals surface area (Å²) >= 11 is 1.45. The number of rotatable bonds is 6. The maximum atomic E-state index is 12.3. The molecule has 0 aromatic heterocycles. The van der Waals surface area contributed by atoms with Crippen molar-refractivity contribution in [1.29, 1.82) is 0 Å². The minimum Gasteiger partial charge on any atom is -0.454 e. The van der Waals surface area contributed by atoms with Crippen LogP contribution < -0.4 is 4.90 Å². The highest BCUT2D eigenvalue weighted by molar-refractivity contribution is 8.00. The van der Waals surface area contributed by atoms with Crippen LogP contribution in [0.1, 0.15) is 16.7 Å². The van der Waals surface area contributed by atoms with Gasteiger partial charge in [0.2, 0.25) is 5.91 Å². The molecule has 6 nitrogen and oxygen atoms in total. The Kier molecular flexibility index (Phi) is 6.59. The summed E-state index contributed by atoms with van der Waals surface area (Å²) in [6.45, 7) is 3.92. The summed E-state index contributed by atoms with van der Waals surface area (Å²) in [5, 5.41) is 0. The number of thioether (sulfide) groups is 1. The number of aryl methyl sites for hydroxylation is 2. The average Bonchev–Trinajstić information content (AvgIpc) is 2.70. The smallest absolute Gasteiger partial charge is 0.326 e. The van der Waals surface area contributed by atoms with Crippen molar-refractivity contribution in [3.05, 3.63) is 59.2 Å². The minimum atomic E-state index is -0.603. The zero-order chi connectivity index (χ0) is 21.0. The Bertz CT molecular complexity index is 944. The van der Waals surface area contributed by atoms with Gasteiger partial charge in [-0.25, -0.2) is 0 Å². The molecule has 0 aliphatic carbocycles. The van der Waals surface area contributed by atoms with Crippen LogP contribution in [0, 0.1) is 13.8 Å². The monoisotopic (exact) mass is 412 g/mol. The van der Waals surface area contributed by atoms with Crippen LogP contribution in [0.5, 0.6) is 0 Å². The van der Waals surface area contributed by atoms with Gasteiger partial charge < -0.3 is 9.64 Å². The number of likely N-dealkylation sites (N-methyl/N-ethyl adjacent to an activating group) is 1. The fourth-order valence-corrected chi connectivity index (χ4v) is 4.06. The third-order valence-electron chi connectivity index (χ3n) is 4.78. The summed E-state index contributed by atoms with van der Waals surface area (Å²) < 4.78 is 5.15. The molecule has 2 aromatic rings. The van der Waals surface area contributed by atoms with Crippen molar-refractivity contribution in [2.24, 2.45) is 0 Å². The summed E-state index contributed by atoms with van der Waals surface area (Å²) in [5.74, 6) is -0.765. The highest BCUT2D eigenvalue weighted by atomic mass is 32.2. The summed E-state index contributed by atoms with van der Waals surface area (Å²) in [7, 11) is 1.68. The number of benzene rings is 2. The normalized spacial score (nSPS) is 13.1. The second-order valence-electron chi connectivity index (χ2n) is 7.08. The lowest BCUT2D eigenvalue weighted by atomic mass is 10.1. The zero-order valence-electron chi connectivity index (χ0n) is 16.8. The SMILES string of the molecule is Cc1ccc(CN(C)C(=O)COC(=O)CN2C(=O)CSc3ccccc32)c(C)c1. The van der Waals surface area contributed by atoms with Gasteiger partial charge in [0.25, 0.3) is 5.91 Å². The Balaban J connectivity index is 1.54. The van der Waals surface area contributed by atoms with Crippen LogP contribution in [0.15, 0.2) is 47.4 Å². The van der Waals surface area contributed by atoms with Gasteiger partial charge in [-0.05, 0) is 37.1 Å². The third-order valence-corrected chi connectivity index (χ3v) is 5.83. The lowest BCUT2D eigenvalue weighted by molar-refractivity contribution is -0.150. The summed E-state index contributed by atoms with van der Waals surface area (Å²) in [5.41, 5.74) is 4.03. The van der Waals surface area contributed by atoms with Gasteiger partial charge >= 0.3 is 5.97 Å². The molecule has 0 saturated heterocycles. The summed E-state index contributed by atoms with van der Waals surface area (Å²) in [4.78, 5) is 40.7. The lowest BCUT2D eigenvalue weighted by Gasteiger charge is -2.28. The molecule has 1 heterocycles. The first kappa shape index (κ1) is 20.9. The van der Waals surface area contributed by atoms with Gasteiger partial charge in [-0.3, -0.25) is 19.3 Å². The highest BCUT2D eigenvalue weighted by Gasteiger charge is 2.27. The Morgan fingerprint density at radius 1 is 1.17 bits per heavy atom. The third kappa shape index (κ3) is 5.17. The molecule has 29 heavy (non-hydrogen) atoms. The molecule has 3 rings (SSSR count). The molecule has 1 aliphatic heterocycles. The fourth-order valence-electron chi connectivity index (χ4n) is 3.12. The molecule has 2 aromatic carbocycles. The molecule has 0 fully saturated rings. The topological polar surface area (TPSA) is 66.9 Å². The quantitative estimate of drug-likeness (QED) is 0.683. The van der Waals surface area contributed by atoms with E-state index in [1.54, 1.807) is 13.1 Å². The number of amides is 2. The number of esters is 1. The summed E-state index contributed by atoms with van der Waals surface area (Å²) in [6.07, 6.45) is 0. The van der Waals surface area contributed by atoms with Crippen LogP contribution in [0.25, 0.3) is 0 Å². The molecule has 0 spiro atoms.